The Bertz CT molecular complexity index is 438. The summed E-state index contributed by atoms with van der Waals surface area (Å²) < 4.78 is 5.72. The minimum absolute atomic E-state index is 0.702. The number of unbranched alkanes of at least 4 members (excludes halogenated alkanes) is 1. The van der Waals surface area contributed by atoms with Gasteiger partial charge in [-0.3, -0.25) is 0 Å². The number of nitrogens with zero attached hydrogens (tertiary/aromatic N) is 1. The van der Waals surface area contributed by atoms with Crippen molar-refractivity contribution < 1.29 is 4.74 Å². The first-order valence-electron chi connectivity index (χ1n) is 8.43. The number of hydrogen-bond donors (Lipinski definition) is 0. The van der Waals surface area contributed by atoms with Gasteiger partial charge in [-0.25, -0.2) is 0 Å². The minimum atomic E-state index is 0.702. The number of rotatable bonds is 7. The molecule has 0 spiro atoms. The van der Waals surface area contributed by atoms with E-state index in [1.807, 2.05) is 0 Å². The van der Waals surface area contributed by atoms with Crippen molar-refractivity contribution >= 4 is 0 Å². The van der Waals surface area contributed by atoms with Crippen molar-refractivity contribution in [3.8, 4) is 11.8 Å². The molecule has 2 rings (SSSR count). The molecule has 0 bridgehead atoms. The molecule has 1 fully saturated rings. The van der Waals surface area contributed by atoms with E-state index >= 15 is 0 Å². The molecule has 0 unspecified atom stereocenters. The molecule has 1 saturated carbocycles. The van der Waals surface area contributed by atoms with Crippen LogP contribution in [0.15, 0.2) is 24.3 Å². The summed E-state index contributed by atoms with van der Waals surface area (Å²) in [5, 5.41) is 8.67. The van der Waals surface area contributed by atoms with Crippen LogP contribution in [0.3, 0.4) is 0 Å². The van der Waals surface area contributed by atoms with Gasteiger partial charge in [-0.1, -0.05) is 25.5 Å². The van der Waals surface area contributed by atoms with Crippen molar-refractivity contribution in [3.63, 3.8) is 0 Å². The SMILES string of the molecule is CCCCOc1ccc([C@H]2CC[C@H](CCC#N)CC2)cc1. The van der Waals surface area contributed by atoms with E-state index in [-0.39, 0.29) is 0 Å². The lowest BCUT2D eigenvalue weighted by molar-refractivity contribution is 0.306. The highest BCUT2D eigenvalue weighted by Crippen LogP contribution is 2.37. The summed E-state index contributed by atoms with van der Waals surface area (Å²) in [7, 11) is 0. The van der Waals surface area contributed by atoms with Crippen molar-refractivity contribution in [2.45, 2.75) is 64.2 Å². The van der Waals surface area contributed by atoms with Crippen molar-refractivity contribution in [2.75, 3.05) is 6.61 Å². The fourth-order valence-electron chi connectivity index (χ4n) is 3.22. The summed E-state index contributed by atoms with van der Waals surface area (Å²) in [6.45, 7) is 3.00. The summed E-state index contributed by atoms with van der Waals surface area (Å²) in [4.78, 5) is 0. The normalized spacial score (nSPS) is 21.7. The maximum Gasteiger partial charge on any atom is 0.119 e. The van der Waals surface area contributed by atoms with Crippen LogP contribution in [-0.4, -0.2) is 6.61 Å². The lowest BCUT2D eigenvalue weighted by Crippen LogP contribution is -2.13. The molecule has 2 heteroatoms. The lowest BCUT2D eigenvalue weighted by atomic mass is 9.77. The third kappa shape index (κ3) is 5.08. The summed E-state index contributed by atoms with van der Waals surface area (Å²) in [5.41, 5.74) is 1.46. The molecule has 1 aromatic rings. The van der Waals surface area contributed by atoms with Gasteiger partial charge in [0.05, 0.1) is 12.7 Å². The second-order valence-electron chi connectivity index (χ2n) is 6.19. The topological polar surface area (TPSA) is 33.0 Å². The Kier molecular flexibility index (Phi) is 6.60. The zero-order valence-electron chi connectivity index (χ0n) is 13.2. The molecular formula is C19H27NO. The van der Waals surface area contributed by atoms with Gasteiger partial charge in [0.25, 0.3) is 0 Å². The molecule has 2 nitrogen and oxygen atoms in total. The molecular weight excluding hydrogens is 258 g/mol. The van der Waals surface area contributed by atoms with Gasteiger partial charge in [0.1, 0.15) is 5.75 Å². The first-order chi connectivity index (χ1) is 10.3. The predicted octanol–water partition coefficient (Wildman–Crippen LogP) is 5.44. The van der Waals surface area contributed by atoms with Crippen LogP contribution in [0.25, 0.3) is 0 Å². The Morgan fingerprint density at radius 1 is 1.14 bits per heavy atom. The number of ether oxygens (including phenoxy) is 1. The van der Waals surface area contributed by atoms with Crippen molar-refractivity contribution in [3.05, 3.63) is 29.8 Å². The Balaban J connectivity index is 1.79. The molecule has 0 radical (unpaired) electrons. The third-order valence-electron chi connectivity index (χ3n) is 4.63. The van der Waals surface area contributed by atoms with Gasteiger partial charge in [-0.15, -0.1) is 0 Å². The molecule has 114 valence electrons. The van der Waals surface area contributed by atoms with Crippen LogP contribution >= 0.6 is 0 Å². The zero-order chi connectivity index (χ0) is 14.9. The highest BCUT2D eigenvalue weighted by atomic mass is 16.5. The minimum Gasteiger partial charge on any atom is -0.494 e. The highest BCUT2D eigenvalue weighted by Gasteiger charge is 2.21. The van der Waals surface area contributed by atoms with E-state index in [1.54, 1.807) is 0 Å². The van der Waals surface area contributed by atoms with Crippen LogP contribution in [0, 0.1) is 17.2 Å². The van der Waals surface area contributed by atoms with Crippen LogP contribution in [0.5, 0.6) is 5.75 Å². The average molecular weight is 285 g/mol. The van der Waals surface area contributed by atoms with Crippen LogP contribution in [-0.2, 0) is 0 Å². The molecule has 21 heavy (non-hydrogen) atoms. The second-order valence-corrected chi connectivity index (χ2v) is 6.19. The Hall–Kier alpha value is -1.49. The van der Waals surface area contributed by atoms with E-state index < -0.39 is 0 Å². The monoisotopic (exact) mass is 285 g/mol. The van der Waals surface area contributed by atoms with Crippen LogP contribution in [0.1, 0.15) is 69.8 Å². The predicted molar refractivity (Wildman–Crippen MR) is 86.4 cm³/mol. The van der Waals surface area contributed by atoms with Gasteiger partial charge in [-0.05, 0) is 68.1 Å². The molecule has 1 aliphatic rings. The van der Waals surface area contributed by atoms with E-state index in [4.69, 9.17) is 10.00 Å². The van der Waals surface area contributed by atoms with Crippen LogP contribution in [0.4, 0.5) is 0 Å². The summed E-state index contributed by atoms with van der Waals surface area (Å²) in [5.74, 6) is 2.47. The Morgan fingerprint density at radius 2 is 1.86 bits per heavy atom. The molecule has 0 N–H and O–H groups in total. The highest BCUT2D eigenvalue weighted by molar-refractivity contribution is 5.29. The van der Waals surface area contributed by atoms with E-state index in [0.29, 0.717) is 5.92 Å². The summed E-state index contributed by atoms with van der Waals surface area (Å²) in [6.07, 6.45) is 9.20. The first-order valence-corrected chi connectivity index (χ1v) is 8.43. The van der Waals surface area contributed by atoms with E-state index in [2.05, 4.69) is 37.3 Å². The molecule has 1 aliphatic carbocycles. The zero-order valence-corrected chi connectivity index (χ0v) is 13.2. The van der Waals surface area contributed by atoms with Crippen molar-refractivity contribution in [2.24, 2.45) is 5.92 Å². The van der Waals surface area contributed by atoms with Crippen LogP contribution in [0.2, 0.25) is 0 Å². The fraction of sp³-hybridized carbons (Fsp3) is 0.632. The molecule has 0 aliphatic heterocycles. The number of nitriles is 1. The van der Waals surface area contributed by atoms with Gasteiger partial charge in [0.15, 0.2) is 0 Å². The molecule has 0 atom stereocenters. The molecule has 1 aromatic carbocycles. The molecule has 0 amide bonds. The molecule has 0 saturated heterocycles. The van der Waals surface area contributed by atoms with Gasteiger partial charge < -0.3 is 4.74 Å². The van der Waals surface area contributed by atoms with Crippen molar-refractivity contribution in [1.29, 1.82) is 5.26 Å². The Morgan fingerprint density at radius 3 is 2.48 bits per heavy atom. The molecule has 0 heterocycles. The van der Waals surface area contributed by atoms with E-state index in [9.17, 15) is 0 Å². The quantitative estimate of drug-likeness (QED) is 0.625. The van der Waals surface area contributed by atoms with Crippen molar-refractivity contribution in [1.82, 2.24) is 0 Å². The van der Waals surface area contributed by atoms with E-state index in [1.165, 1.54) is 37.7 Å². The maximum absolute atomic E-state index is 8.67. The smallest absolute Gasteiger partial charge is 0.119 e. The number of benzene rings is 1. The first kappa shape index (κ1) is 15.9. The summed E-state index contributed by atoms with van der Waals surface area (Å²) in [6, 6.07) is 11.0. The fourth-order valence-corrected chi connectivity index (χ4v) is 3.22. The van der Waals surface area contributed by atoms with Crippen LogP contribution < -0.4 is 4.74 Å². The maximum atomic E-state index is 8.67. The standard InChI is InChI=1S/C19H27NO/c1-2-3-15-21-19-12-10-18(11-13-19)17-8-6-16(7-9-17)5-4-14-20/h10-13,16-17H,2-9,15H2,1H3/t16-,17-. The number of hydrogen-bond acceptors (Lipinski definition) is 2. The molecule has 0 aromatic heterocycles. The largest absolute Gasteiger partial charge is 0.494 e. The lowest BCUT2D eigenvalue weighted by Gasteiger charge is -2.28. The van der Waals surface area contributed by atoms with Gasteiger partial charge >= 0.3 is 0 Å². The van der Waals surface area contributed by atoms with Gasteiger partial charge in [-0.2, -0.15) is 5.26 Å². The third-order valence-corrected chi connectivity index (χ3v) is 4.63. The van der Waals surface area contributed by atoms with Gasteiger partial charge in [0.2, 0.25) is 0 Å². The van der Waals surface area contributed by atoms with Gasteiger partial charge in [0, 0.05) is 6.42 Å². The second kappa shape index (κ2) is 8.72. The Labute approximate surface area is 129 Å². The van der Waals surface area contributed by atoms with E-state index in [0.717, 1.165) is 37.5 Å². The average Bonchev–Trinajstić information content (AvgIpc) is 2.54. The summed E-state index contributed by atoms with van der Waals surface area (Å²) >= 11 is 0.